The Morgan fingerprint density at radius 2 is 2.00 bits per heavy atom. The number of halogens is 2. The maximum atomic E-state index is 13.8. The molecule has 32 heavy (non-hydrogen) atoms. The summed E-state index contributed by atoms with van der Waals surface area (Å²) in [5.74, 6) is -3.06. The van der Waals surface area contributed by atoms with Crippen LogP contribution in [0.2, 0.25) is 0 Å². The second kappa shape index (κ2) is 8.29. The predicted molar refractivity (Wildman–Crippen MR) is 109 cm³/mol. The zero-order valence-corrected chi connectivity index (χ0v) is 17.0. The molecule has 0 atom stereocenters. The van der Waals surface area contributed by atoms with Gasteiger partial charge < -0.3 is 14.4 Å². The van der Waals surface area contributed by atoms with Crippen molar-refractivity contribution < 1.29 is 27.9 Å². The quantitative estimate of drug-likeness (QED) is 0.588. The van der Waals surface area contributed by atoms with E-state index in [2.05, 4.69) is 0 Å². The summed E-state index contributed by atoms with van der Waals surface area (Å²) < 4.78 is 33.4. The van der Waals surface area contributed by atoms with Crippen molar-refractivity contribution in [1.29, 1.82) is 0 Å². The van der Waals surface area contributed by atoms with Crippen molar-refractivity contribution in [3.63, 3.8) is 0 Å². The van der Waals surface area contributed by atoms with E-state index in [1.807, 2.05) is 0 Å². The fraction of sp³-hybridized carbons (Fsp3) is 0.227. The molecule has 0 fully saturated rings. The smallest absolute Gasteiger partial charge is 0.278 e. The highest BCUT2D eigenvalue weighted by Gasteiger charge is 2.33. The highest BCUT2D eigenvalue weighted by molar-refractivity contribution is 6.00. The molecule has 2 aromatic heterocycles. The first-order valence-corrected chi connectivity index (χ1v) is 9.75. The number of hydrogen-bond acceptors (Lipinski definition) is 6. The molecular formula is C22H19F2N3O5. The number of benzene rings is 1. The zero-order valence-electron chi connectivity index (χ0n) is 17.0. The van der Waals surface area contributed by atoms with E-state index in [4.69, 9.17) is 4.42 Å². The highest BCUT2D eigenvalue weighted by Crippen LogP contribution is 2.23. The molecule has 0 saturated heterocycles. The molecule has 0 spiro atoms. The van der Waals surface area contributed by atoms with Crippen molar-refractivity contribution in [2.45, 2.75) is 19.4 Å². The average molecular weight is 443 g/mol. The molecule has 0 saturated carbocycles. The van der Waals surface area contributed by atoms with Crippen LogP contribution in [0.25, 0.3) is 0 Å². The Hall–Kier alpha value is -3.95. The van der Waals surface area contributed by atoms with E-state index in [9.17, 15) is 28.3 Å². The van der Waals surface area contributed by atoms with Crippen molar-refractivity contribution in [3.8, 4) is 5.75 Å². The second-order valence-electron chi connectivity index (χ2n) is 7.45. The van der Waals surface area contributed by atoms with Gasteiger partial charge in [0.2, 0.25) is 5.43 Å². The largest absolute Gasteiger partial charge is 0.502 e. The number of nitrogens with zero attached hydrogens (tertiary/aromatic N) is 3. The maximum absolute atomic E-state index is 13.8. The van der Waals surface area contributed by atoms with Gasteiger partial charge in [-0.15, -0.1) is 0 Å². The number of aromatic hydroxyl groups is 1. The zero-order chi connectivity index (χ0) is 23.0. The molecule has 166 valence electrons. The summed E-state index contributed by atoms with van der Waals surface area (Å²) in [5.41, 5.74) is -1.45. The number of carbonyl (C=O) groups excluding carboxylic acids is 2. The Morgan fingerprint density at radius 1 is 1.22 bits per heavy atom. The first-order chi connectivity index (χ1) is 15.3. The van der Waals surface area contributed by atoms with Crippen LogP contribution in [-0.2, 0) is 13.0 Å². The van der Waals surface area contributed by atoms with E-state index < -0.39 is 34.5 Å². The number of ketones is 1. The number of furan rings is 1. The Bertz CT molecular complexity index is 1250. The molecule has 10 heteroatoms. The number of fused-ring (bicyclic) bond motifs is 1. The summed E-state index contributed by atoms with van der Waals surface area (Å²) in [6, 6.07) is 6.40. The molecule has 3 heterocycles. The van der Waals surface area contributed by atoms with Crippen LogP contribution in [0.15, 0.2) is 52.0 Å². The Labute approximate surface area is 180 Å². The second-order valence-corrected chi connectivity index (χ2v) is 7.45. The summed E-state index contributed by atoms with van der Waals surface area (Å²) in [7, 11) is 1.62. The van der Waals surface area contributed by atoms with Crippen LogP contribution in [-0.4, -0.2) is 40.1 Å². The van der Waals surface area contributed by atoms with Gasteiger partial charge in [0, 0.05) is 25.7 Å². The van der Waals surface area contributed by atoms with Crippen molar-refractivity contribution in [3.05, 3.63) is 87.2 Å². The van der Waals surface area contributed by atoms with Crippen LogP contribution in [0.1, 0.15) is 38.6 Å². The summed E-state index contributed by atoms with van der Waals surface area (Å²) in [6.45, 7) is 0.247. The summed E-state index contributed by atoms with van der Waals surface area (Å²) >= 11 is 0. The lowest BCUT2D eigenvalue weighted by Gasteiger charge is -2.37. The topological polar surface area (TPSA) is 96.0 Å². The minimum atomic E-state index is -0.984. The third-order valence-corrected chi connectivity index (χ3v) is 5.26. The number of amides is 1. The summed E-state index contributed by atoms with van der Waals surface area (Å²) in [6.07, 6.45) is 2.37. The molecule has 0 unspecified atom stereocenters. The van der Waals surface area contributed by atoms with E-state index in [-0.39, 0.29) is 42.9 Å². The third-order valence-electron chi connectivity index (χ3n) is 5.26. The molecule has 1 amide bonds. The number of rotatable bonds is 6. The monoisotopic (exact) mass is 443 g/mol. The normalized spacial score (nSPS) is 13.4. The third kappa shape index (κ3) is 3.86. The van der Waals surface area contributed by atoms with E-state index in [0.29, 0.717) is 11.8 Å². The lowest BCUT2D eigenvalue weighted by molar-refractivity contribution is 0.0665. The lowest BCUT2D eigenvalue weighted by Crippen LogP contribution is -2.52. The van der Waals surface area contributed by atoms with Crippen LogP contribution >= 0.6 is 0 Å². The van der Waals surface area contributed by atoms with Crippen molar-refractivity contribution in [2.75, 3.05) is 18.7 Å². The van der Waals surface area contributed by atoms with Crippen LogP contribution in [0, 0.1) is 11.6 Å². The van der Waals surface area contributed by atoms with Gasteiger partial charge in [-0.05, 0) is 30.2 Å². The van der Waals surface area contributed by atoms with Crippen molar-refractivity contribution >= 4 is 11.7 Å². The van der Waals surface area contributed by atoms with Crippen LogP contribution in [0.3, 0.4) is 0 Å². The molecule has 0 aliphatic carbocycles. The number of pyridine rings is 1. The van der Waals surface area contributed by atoms with Crippen molar-refractivity contribution in [1.82, 2.24) is 9.58 Å². The summed E-state index contributed by atoms with van der Waals surface area (Å²) in [4.78, 5) is 39.6. The average Bonchev–Trinajstić information content (AvgIpc) is 3.26. The Morgan fingerprint density at radius 3 is 2.69 bits per heavy atom. The molecule has 1 aromatic carbocycles. The van der Waals surface area contributed by atoms with Gasteiger partial charge in [-0.25, -0.2) is 8.78 Å². The Kier molecular flexibility index (Phi) is 5.52. The van der Waals surface area contributed by atoms with Crippen LogP contribution < -0.4 is 10.4 Å². The molecule has 1 N–H and O–H groups in total. The number of aryl methyl sites for hydroxylation is 1. The predicted octanol–water partition coefficient (Wildman–Crippen LogP) is 2.42. The van der Waals surface area contributed by atoms with Gasteiger partial charge in [0.05, 0.1) is 18.4 Å². The first-order valence-electron chi connectivity index (χ1n) is 9.75. The van der Waals surface area contributed by atoms with Crippen LogP contribution in [0.4, 0.5) is 8.78 Å². The number of Topliss-reactive ketones (excluding diaryl/α,β-unsaturated/α-hetero) is 1. The number of carbonyl (C=O) groups is 2. The molecule has 0 bridgehead atoms. The molecular weight excluding hydrogens is 424 g/mol. The van der Waals surface area contributed by atoms with Crippen LogP contribution in [0.5, 0.6) is 5.75 Å². The fourth-order valence-corrected chi connectivity index (χ4v) is 3.61. The minimum absolute atomic E-state index is 0.0569. The number of aromatic nitrogens is 1. The van der Waals surface area contributed by atoms with Gasteiger partial charge in [-0.1, -0.05) is 6.07 Å². The van der Waals surface area contributed by atoms with E-state index >= 15 is 0 Å². The van der Waals surface area contributed by atoms with Gasteiger partial charge in [0.25, 0.3) is 5.91 Å². The van der Waals surface area contributed by atoms with E-state index in [1.54, 1.807) is 24.2 Å². The Balaban J connectivity index is 1.60. The molecule has 1 aliphatic rings. The standard InChI is InChI=1S/C22H19F2N3O5/c1-25-12-26(10-15-3-2-8-32-15)22(31)19-21(30)20(29)16(11-27(19)25)18(28)7-5-13-4-6-14(23)9-17(13)24/h2-4,6,8-9,11,30H,5,7,10,12H2,1H3. The fourth-order valence-electron chi connectivity index (χ4n) is 3.61. The molecule has 4 rings (SSSR count). The van der Waals surface area contributed by atoms with Gasteiger partial charge in [-0.3, -0.25) is 24.1 Å². The first kappa shape index (κ1) is 21.3. The lowest BCUT2D eigenvalue weighted by atomic mass is 10.0. The van der Waals surface area contributed by atoms with Crippen molar-refractivity contribution in [2.24, 2.45) is 0 Å². The molecule has 3 aromatic rings. The minimum Gasteiger partial charge on any atom is -0.502 e. The summed E-state index contributed by atoms with van der Waals surface area (Å²) in [5, 5.41) is 12.0. The molecule has 0 radical (unpaired) electrons. The van der Waals surface area contributed by atoms with Gasteiger partial charge >= 0.3 is 0 Å². The maximum Gasteiger partial charge on any atom is 0.278 e. The number of hydrogen-bond donors (Lipinski definition) is 1. The van der Waals surface area contributed by atoms with E-state index in [0.717, 1.165) is 6.07 Å². The van der Waals surface area contributed by atoms with Gasteiger partial charge in [-0.2, -0.15) is 0 Å². The van der Waals surface area contributed by atoms with Gasteiger partial charge in [0.15, 0.2) is 17.2 Å². The van der Waals surface area contributed by atoms with Gasteiger partial charge in [0.1, 0.15) is 24.1 Å². The molecule has 8 nitrogen and oxygen atoms in total. The molecule has 1 aliphatic heterocycles. The highest BCUT2D eigenvalue weighted by atomic mass is 19.1. The van der Waals surface area contributed by atoms with E-state index in [1.165, 1.54) is 28.1 Å². The SMILES string of the molecule is CN1CN(Cc2ccco2)C(=O)c2c(O)c(=O)c(C(=O)CCc3ccc(F)cc3F)cn21.